The van der Waals surface area contributed by atoms with E-state index < -0.39 is 0 Å². The first-order valence-corrected chi connectivity index (χ1v) is 6.14. The molecular formula is C18H14Hf-2. The van der Waals surface area contributed by atoms with Gasteiger partial charge < -0.3 is 0 Å². The smallest absolute Gasteiger partial charge is 0 e. The minimum absolute atomic E-state index is 0. The van der Waals surface area contributed by atoms with Crippen molar-refractivity contribution in [2.24, 2.45) is 0 Å². The summed E-state index contributed by atoms with van der Waals surface area (Å²) >= 11 is 0. The molecule has 0 N–H and O–H groups in total. The van der Waals surface area contributed by atoms with Crippen LogP contribution in [-0.4, -0.2) is 0 Å². The predicted octanol–water partition coefficient (Wildman–Crippen LogP) is 5.11. The molecule has 0 radical (unpaired) electrons. The van der Waals surface area contributed by atoms with Gasteiger partial charge in [-0.2, -0.15) is 35.0 Å². The van der Waals surface area contributed by atoms with Crippen molar-refractivity contribution >= 4 is 21.5 Å². The summed E-state index contributed by atoms with van der Waals surface area (Å²) in [5.41, 5.74) is 0. The first kappa shape index (κ1) is 14.0. The van der Waals surface area contributed by atoms with E-state index in [-0.39, 0.29) is 25.8 Å². The molecular weight excluding hydrogens is 395 g/mol. The number of hydrogen-bond donors (Lipinski definition) is 0. The van der Waals surface area contributed by atoms with E-state index in [4.69, 9.17) is 0 Å². The standard InChI is InChI=1S/2C9H7.Hf/c2*1-2-5-9-7-3-6-8(9)4-1;/h2*1-7H;/q2*-1;. The van der Waals surface area contributed by atoms with E-state index >= 15 is 0 Å². The molecule has 0 nitrogen and oxygen atoms in total. The van der Waals surface area contributed by atoms with Crippen LogP contribution in [0.3, 0.4) is 0 Å². The molecule has 0 spiro atoms. The third-order valence-corrected chi connectivity index (χ3v) is 3.10. The molecule has 0 aromatic heterocycles. The molecule has 4 rings (SSSR count). The Kier molecular flexibility index (Phi) is 4.86. The average molecular weight is 409 g/mol. The van der Waals surface area contributed by atoms with Gasteiger partial charge in [-0.1, -0.05) is 12.1 Å². The van der Waals surface area contributed by atoms with Crippen molar-refractivity contribution < 1.29 is 25.8 Å². The Bertz CT molecular complexity index is 620. The first-order valence-electron chi connectivity index (χ1n) is 6.14. The second-order valence-electron chi connectivity index (χ2n) is 4.31. The molecule has 0 amide bonds. The van der Waals surface area contributed by atoms with Crippen molar-refractivity contribution in [1.29, 1.82) is 0 Å². The number of rotatable bonds is 0. The van der Waals surface area contributed by atoms with Gasteiger partial charge in [0.05, 0.1) is 0 Å². The summed E-state index contributed by atoms with van der Waals surface area (Å²) < 4.78 is 0. The Hall–Kier alpha value is -1.47. The zero-order valence-electron chi connectivity index (χ0n) is 10.6. The van der Waals surface area contributed by atoms with Crippen molar-refractivity contribution in [1.82, 2.24) is 0 Å². The quantitative estimate of drug-likeness (QED) is 0.280. The summed E-state index contributed by atoms with van der Waals surface area (Å²) in [6, 6.07) is 29.3. The fourth-order valence-corrected chi connectivity index (χ4v) is 2.14. The van der Waals surface area contributed by atoms with Crippen LogP contribution in [0.5, 0.6) is 0 Å². The largest absolute Gasteiger partial charge is 0.168 e. The summed E-state index contributed by atoms with van der Waals surface area (Å²) in [7, 11) is 0. The van der Waals surface area contributed by atoms with Crippen molar-refractivity contribution in [2.75, 3.05) is 0 Å². The van der Waals surface area contributed by atoms with E-state index in [1.54, 1.807) is 0 Å². The molecule has 1 heteroatoms. The molecule has 0 fully saturated rings. The van der Waals surface area contributed by atoms with Gasteiger partial charge in [0, 0.05) is 25.8 Å². The molecule has 0 unspecified atom stereocenters. The van der Waals surface area contributed by atoms with Crippen LogP contribution in [0, 0.1) is 0 Å². The van der Waals surface area contributed by atoms with Crippen LogP contribution in [-0.2, 0) is 25.8 Å². The topological polar surface area (TPSA) is 0 Å². The minimum atomic E-state index is 0. The van der Waals surface area contributed by atoms with Gasteiger partial charge in [-0.15, -0.1) is 59.3 Å². The maximum absolute atomic E-state index is 2.12. The fourth-order valence-electron chi connectivity index (χ4n) is 2.14. The Morgan fingerprint density at radius 1 is 0.526 bits per heavy atom. The number of benzene rings is 2. The Morgan fingerprint density at radius 2 is 0.947 bits per heavy atom. The monoisotopic (exact) mass is 410 g/mol. The van der Waals surface area contributed by atoms with E-state index in [0.29, 0.717) is 0 Å². The van der Waals surface area contributed by atoms with Gasteiger partial charge in [0.2, 0.25) is 0 Å². The van der Waals surface area contributed by atoms with E-state index in [1.165, 1.54) is 21.5 Å². The van der Waals surface area contributed by atoms with Crippen LogP contribution >= 0.6 is 0 Å². The number of fused-ring (bicyclic) bond motifs is 2. The van der Waals surface area contributed by atoms with Gasteiger partial charge in [-0.05, 0) is 0 Å². The summed E-state index contributed by atoms with van der Waals surface area (Å²) in [4.78, 5) is 0. The molecule has 0 aliphatic heterocycles. The van der Waals surface area contributed by atoms with Crippen molar-refractivity contribution in [2.45, 2.75) is 0 Å². The van der Waals surface area contributed by atoms with Crippen LogP contribution in [0.25, 0.3) is 21.5 Å². The third-order valence-electron chi connectivity index (χ3n) is 3.10. The Labute approximate surface area is 132 Å². The third kappa shape index (κ3) is 3.30. The molecule has 4 aromatic carbocycles. The van der Waals surface area contributed by atoms with Gasteiger partial charge in [-0.3, -0.25) is 0 Å². The summed E-state index contributed by atoms with van der Waals surface area (Å²) in [5.74, 6) is 0. The second-order valence-corrected chi connectivity index (χ2v) is 4.31. The molecule has 92 valence electrons. The van der Waals surface area contributed by atoms with Crippen LogP contribution in [0.1, 0.15) is 0 Å². The van der Waals surface area contributed by atoms with Gasteiger partial charge in [0.25, 0.3) is 0 Å². The molecule has 0 aliphatic carbocycles. The van der Waals surface area contributed by atoms with Crippen LogP contribution in [0.15, 0.2) is 84.9 Å². The molecule has 4 aromatic rings. The number of hydrogen-bond acceptors (Lipinski definition) is 0. The first-order chi connectivity index (χ1) is 8.93. The maximum atomic E-state index is 2.12. The van der Waals surface area contributed by atoms with Gasteiger partial charge in [0.15, 0.2) is 0 Å². The van der Waals surface area contributed by atoms with Crippen LogP contribution in [0.2, 0.25) is 0 Å². The Morgan fingerprint density at radius 3 is 1.37 bits per heavy atom. The molecule has 0 bridgehead atoms. The molecule has 19 heavy (non-hydrogen) atoms. The predicted molar refractivity (Wildman–Crippen MR) is 79.1 cm³/mol. The molecule has 0 heterocycles. The zero-order valence-corrected chi connectivity index (χ0v) is 14.2. The second kappa shape index (κ2) is 6.63. The van der Waals surface area contributed by atoms with E-state index in [2.05, 4.69) is 84.9 Å². The zero-order chi connectivity index (χ0) is 12.2. The molecule has 0 atom stereocenters. The molecule has 0 saturated heterocycles. The van der Waals surface area contributed by atoms with Crippen molar-refractivity contribution in [3.8, 4) is 0 Å². The normalized spacial score (nSPS) is 9.68. The summed E-state index contributed by atoms with van der Waals surface area (Å²) in [6.45, 7) is 0. The van der Waals surface area contributed by atoms with E-state index in [9.17, 15) is 0 Å². The molecule has 0 aliphatic rings. The Balaban J connectivity index is 0.000000133. The minimum Gasteiger partial charge on any atom is -0.168 e. The van der Waals surface area contributed by atoms with E-state index in [1.807, 2.05) is 0 Å². The van der Waals surface area contributed by atoms with Gasteiger partial charge in [-0.25, -0.2) is 0 Å². The average Bonchev–Trinajstić information content (AvgIpc) is 3.08. The van der Waals surface area contributed by atoms with Gasteiger partial charge in [0.1, 0.15) is 0 Å². The van der Waals surface area contributed by atoms with E-state index in [0.717, 1.165) is 0 Å². The van der Waals surface area contributed by atoms with Gasteiger partial charge >= 0.3 is 0 Å². The van der Waals surface area contributed by atoms with Crippen molar-refractivity contribution in [3.63, 3.8) is 0 Å². The van der Waals surface area contributed by atoms with Crippen molar-refractivity contribution in [3.05, 3.63) is 84.9 Å². The summed E-state index contributed by atoms with van der Waals surface area (Å²) in [6.07, 6.45) is 0. The SMILES string of the molecule is [Hf].c1ccc2[cH-]ccc2c1.c1ccc2[cH-]ccc2c1. The van der Waals surface area contributed by atoms with Crippen LogP contribution < -0.4 is 0 Å². The fraction of sp³-hybridized carbons (Fsp3) is 0. The van der Waals surface area contributed by atoms with Crippen LogP contribution in [0.4, 0.5) is 0 Å². The maximum Gasteiger partial charge on any atom is 0 e. The molecule has 0 saturated carbocycles. The summed E-state index contributed by atoms with van der Waals surface area (Å²) in [5, 5.41) is 5.32.